The molecule has 0 radical (unpaired) electrons. The number of hydrogen-bond acceptors (Lipinski definition) is 5. The van der Waals surface area contributed by atoms with Crippen molar-refractivity contribution in [3.05, 3.63) is 12.3 Å². The lowest BCUT2D eigenvalue weighted by Gasteiger charge is -2.20. The Kier molecular flexibility index (Phi) is 3.84. The van der Waals surface area contributed by atoms with Gasteiger partial charge in [0, 0.05) is 18.7 Å². The molecule has 1 fully saturated rings. The number of rotatable bonds is 3. The Balaban J connectivity index is 2.39. The van der Waals surface area contributed by atoms with Crippen LogP contribution in [-0.4, -0.2) is 30.9 Å². The molecule has 0 spiro atoms. The summed E-state index contributed by atoms with van der Waals surface area (Å²) in [4.78, 5) is 32.7. The van der Waals surface area contributed by atoms with Crippen molar-refractivity contribution in [2.45, 2.75) is 18.9 Å². The van der Waals surface area contributed by atoms with Gasteiger partial charge in [0.25, 0.3) is 0 Å². The highest BCUT2D eigenvalue weighted by molar-refractivity contribution is 6.00. The van der Waals surface area contributed by atoms with Crippen LogP contribution in [0, 0.1) is 0 Å². The lowest BCUT2D eigenvalue weighted by atomic mass is 10.1. The second-order valence-corrected chi connectivity index (χ2v) is 3.03. The lowest BCUT2D eigenvalue weighted by molar-refractivity contribution is -0.136. The maximum Gasteiger partial charge on any atom is 0.331 e. The summed E-state index contributed by atoms with van der Waals surface area (Å²) in [6.45, 7) is 0. The summed E-state index contributed by atoms with van der Waals surface area (Å²) in [6.07, 6.45) is 3.24. The molecule has 1 saturated heterocycles. The average Bonchev–Trinajstić information content (AvgIpc) is 2.21. The minimum Gasteiger partial charge on any atom is -0.466 e. The zero-order valence-corrected chi connectivity index (χ0v) is 8.28. The Morgan fingerprint density at radius 2 is 2.33 bits per heavy atom. The van der Waals surface area contributed by atoms with Crippen LogP contribution in [0.2, 0.25) is 0 Å². The molecule has 1 atom stereocenters. The van der Waals surface area contributed by atoms with Crippen molar-refractivity contribution < 1.29 is 19.1 Å². The maximum absolute atomic E-state index is 11.2. The number of ether oxygens (including phenoxy) is 1. The van der Waals surface area contributed by atoms with Gasteiger partial charge in [0.1, 0.15) is 6.04 Å². The summed E-state index contributed by atoms with van der Waals surface area (Å²) in [6, 6.07) is -0.469. The molecule has 0 saturated carbocycles. The van der Waals surface area contributed by atoms with Gasteiger partial charge < -0.3 is 10.1 Å². The van der Waals surface area contributed by atoms with E-state index in [1.807, 2.05) is 0 Å². The van der Waals surface area contributed by atoms with Crippen LogP contribution in [0.3, 0.4) is 0 Å². The standard InChI is InChI=1S/C9H12N2O4/c1-15-8(13)4-5-10-6-2-3-7(12)11-9(6)14/h4-6,10H,2-3H2,1H3,(H,11,12,14)/b5-4+. The molecular formula is C9H12N2O4. The van der Waals surface area contributed by atoms with Crippen molar-refractivity contribution in [3.63, 3.8) is 0 Å². The van der Waals surface area contributed by atoms with Gasteiger partial charge in [-0.15, -0.1) is 0 Å². The Bertz CT molecular complexity index is 311. The maximum atomic E-state index is 11.2. The van der Waals surface area contributed by atoms with Crippen LogP contribution in [0.4, 0.5) is 0 Å². The molecule has 1 heterocycles. The highest BCUT2D eigenvalue weighted by atomic mass is 16.5. The van der Waals surface area contributed by atoms with Gasteiger partial charge in [0.05, 0.1) is 7.11 Å². The summed E-state index contributed by atoms with van der Waals surface area (Å²) < 4.78 is 4.36. The highest BCUT2D eigenvalue weighted by Gasteiger charge is 2.25. The first-order valence-corrected chi connectivity index (χ1v) is 4.47. The molecule has 82 valence electrons. The van der Waals surface area contributed by atoms with E-state index < -0.39 is 12.0 Å². The molecule has 1 rings (SSSR count). The summed E-state index contributed by atoms with van der Waals surface area (Å²) in [5.41, 5.74) is 0. The summed E-state index contributed by atoms with van der Waals surface area (Å²) >= 11 is 0. The fourth-order valence-electron chi connectivity index (χ4n) is 1.15. The molecule has 0 aromatic heterocycles. The Morgan fingerprint density at radius 3 is 2.93 bits per heavy atom. The summed E-state index contributed by atoms with van der Waals surface area (Å²) in [5.74, 6) is -1.15. The topological polar surface area (TPSA) is 84.5 Å². The third-order valence-corrected chi connectivity index (χ3v) is 1.96. The molecule has 1 aliphatic heterocycles. The molecule has 15 heavy (non-hydrogen) atoms. The SMILES string of the molecule is COC(=O)/C=C/NC1CCC(=O)NC1=O. The molecule has 6 nitrogen and oxygen atoms in total. The monoisotopic (exact) mass is 212 g/mol. The van der Waals surface area contributed by atoms with Crippen molar-refractivity contribution in [3.8, 4) is 0 Å². The molecule has 2 amide bonds. The van der Waals surface area contributed by atoms with Crippen molar-refractivity contribution >= 4 is 17.8 Å². The van der Waals surface area contributed by atoms with Gasteiger partial charge in [-0.25, -0.2) is 4.79 Å². The first kappa shape index (κ1) is 11.2. The predicted molar refractivity (Wildman–Crippen MR) is 50.5 cm³/mol. The number of piperidine rings is 1. The van der Waals surface area contributed by atoms with E-state index >= 15 is 0 Å². The zero-order valence-electron chi connectivity index (χ0n) is 8.28. The van der Waals surface area contributed by atoms with Crippen molar-refractivity contribution in [2.75, 3.05) is 7.11 Å². The fraction of sp³-hybridized carbons (Fsp3) is 0.444. The normalized spacial score (nSPS) is 21.3. The van der Waals surface area contributed by atoms with Gasteiger partial charge in [-0.3, -0.25) is 14.9 Å². The lowest BCUT2D eigenvalue weighted by Crippen LogP contribution is -2.49. The van der Waals surface area contributed by atoms with Crippen molar-refractivity contribution in [2.24, 2.45) is 0 Å². The molecule has 0 aromatic carbocycles. The Hall–Kier alpha value is -1.85. The number of carbonyl (C=O) groups is 3. The van der Waals surface area contributed by atoms with E-state index in [0.717, 1.165) is 0 Å². The Morgan fingerprint density at radius 1 is 1.60 bits per heavy atom. The van der Waals surface area contributed by atoms with Crippen LogP contribution < -0.4 is 10.6 Å². The van der Waals surface area contributed by atoms with E-state index in [0.29, 0.717) is 12.8 Å². The number of carbonyl (C=O) groups excluding carboxylic acids is 3. The van der Waals surface area contributed by atoms with E-state index in [-0.39, 0.29) is 11.8 Å². The quantitative estimate of drug-likeness (QED) is 0.358. The minimum absolute atomic E-state index is 0.269. The van der Waals surface area contributed by atoms with Gasteiger partial charge in [0.15, 0.2) is 0 Å². The molecule has 0 bridgehead atoms. The fourth-order valence-corrected chi connectivity index (χ4v) is 1.15. The van der Waals surface area contributed by atoms with E-state index in [4.69, 9.17) is 0 Å². The molecule has 1 aliphatic rings. The molecule has 0 aliphatic carbocycles. The number of amides is 2. The van der Waals surface area contributed by atoms with Crippen molar-refractivity contribution in [1.29, 1.82) is 0 Å². The second-order valence-electron chi connectivity index (χ2n) is 3.03. The number of methoxy groups -OCH3 is 1. The van der Waals surface area contributed by atoms with Gasteiger partial charge >= 0.3 is 5.97 Å². The number of imide groups is 1. The van der Waals surface area contributed by atoms with Gasteiger partial charge in [-0.05, 0) is 6.42 Å². The molecule has 2 N–H and O–H groups in total. The van der Waals surface area contributed by atoms with Gasteiger partial charge in [-0.2, -0.15) is 0 Å². The highest BCUT2D eigenvalue weighted by Crippen LogP contribution is 2.03. The summed E-state index contributed by atoms with van der Waals surface area (Å²) in [7, 11) is 1.26. The van der Waals surface area contributed by atoms with Crippen LogP contribution in [0.5, 0.6) is 0 Å². The first-order valence-electron chi connectivity index (χ1n) is 4.47. The van der Waals surface area contributed by atoms with E-state index in [2.05, 4.69) is 15.4 Å². The molecule has 6 heteroatoms. The Labute approximate surface area is 86.7 Å². The van der Waals surface area contributed by atoms with Gasteiger partial charge in [-0.1, -0.05) is 0 Å². The number of nitrogens with one attached hydrogen (secondary N) is 2. The van der Waals surface area contributed by atoms with Crippen LogP contribution in [0.15, 0.2) is 12.3 Å². The molecule has 1 unspecified atom stereocenters. The van der Waals surface area contributed by atoms with E-state index in [1.165, 1.54) is 19.4 Å². The van der Waals surface area contributed by atoms with E-state index in [9.17, 15) is 14.4 Å². The first-order chi connectivity index (χ1) is 7.13. The minimum atomic E-state index is -0.505. The van der Waals surface area contributed by atoms with Gasteiger partial charge in [0.2, 0.25) is 11.8 Å². The van der Waals surface area contributed by atoms with Crippen molar-refractivity contribution in [1.82, 2.24) is 10.6 Å². The number of hydrogen-bond donors (Lipinski definition) is 2. The van der Waals surface area contributed by atoms with Crippen LogP contribution in [0.1, 0.15) is 12.8 Å². The van der Waals surface area contributed by atoms with Crippen LogP contribution in [-0.2, 0) is 19.1 Å². The largest absolute Gasteiger partial charge is 0.466 e. The smallest absolute Gasteiger partial charge is 0.331 e. The summed E-state index contributed by atoms with van der Waals surface area (Å²) in [5, 5.41) is 4.90. The average molecular weight is 212 g/mol. The van der Waals surface area contributed by atoms with E-state index in [1.54, 1.807) is 0 Å². The molecule has 0 aromatic rings. The third-order valence-electron chi connectivity index (χ3n) is 1.96. The second kappa shape index (κ2) is 5.14. The van der Waals surface area contributed by atoms with Crippen LogP contribution >= 0.6 is 0 Å². The number of esters is 1. The molecular weight excluding hydrogens is 200 g/mol. The van der Waals surface area contributed by atoms with Crippen LogP contribution in [0.25, 0.3) is 0 Å². The predicted octanol–water partition coefficient (Wildman–Crippen LogP) is -0.932. The zero-order chi connectivity index (χ0) is 11.3. The third kappa shape index (κ3) is 3.41.